The Morgan fingerprint density at radius 3 is 1.71 bits per heavy atom. The minimum absolute atomic E-state index is 0.00716. The van der Waals surface area contributed by atoms with E-state index in [1.54, 1.807) is 28.0 Å². The number of anilines is 2. The topological polar surface area (TPSA) is 128 Å². The first-order chi connectivity index (χ1) is 21.5. The standard InChI is InChI=1S/C33H29Cl2N2O7P/c34-11-18-13-36(24-9-26(38)20-5-1-3-7-22(20)28(18)24)30(39)32-15-33(16-32,17-32)31(40)37-14-19(12-35)29-23-8-4-2-6-21(23)27(10-25(29)37)44-45(41,42)43/h1-10,18-19,38H,11-17H2,(H2,41,42,43)/t18-,19?,32?,33?/m1/s1. The molecule has 5 aliphatic rings. The minimum Gasteiger partial charge on any atom is -0.507 e. The molecule has 2 bridgehead atoms. The molecule has 0 radical (unpaired) electrons. The van der Waals surface area contributed by atoms with Gasteiger partial charge in [0.15, 0.2) is 0 Å². The SMILES string of the molecule is O=C(N1CC(CCl)c2c1cc(OP(=O)(O)O)c1ccccc21)C12CC(C(=O)N3C[C@@H](CCl)c4c3cc(O)c3ccccc43)(C1)C2. The molecule has 2 amide bonds. The van der Waals surface area contributed by atoms with Crippen LogP contribution in [-0.4, -0.2) is 51.6 Å². The molecule has 3 saturated carbocycles. The average Bonchev–Trinajstić information content (AvgIpc) is 3.53. The molecule has 0 saturated heterocycles. The molecule has 9 rings (SSSR count). The third-order valence-electron chi connectivity index (χ3n) is 10.3. The highest BCUT2D eigenvalue weighted by molar-refractivity contribution is 7.46. The van der Waals surface area contributed by atoms with Crippen LogP contribution in [-0.2, 0) is 14.2 Å². The lowest BCUT2D eigenvalue weighted by molar-refractivity contribution is -0.204. The van der Waals surface area contributed by atoms with E-state index >= 15 is 0 Å². The summed E-state index contributed by atoms with van der Waals surface area (Å²) in [7, 11) is -4.88. The summed E-state index contributed by atoms with van der Waals surface area (Å²) in [5, 5.41) is 13.7. The smallest absolute Gasteiger partial charge is 0.507 e. The first kappa shape index (κ1) is 29.1. The molecule has 0 aromatic heterocycles. The van der Waals surface area contributed by atoms with Crippen LogP contribution in [0.15, 0.2) is 60.7 Å². The van der Waals surface area contributed by atoms with Crippen LogP contribution in [0.2, 0.25) is 0 Å². The number of rotatable bonds is 6. The molecule has 2 aliphatic heterocycles. The molecule has 4 aromatic rings. The molecule has 3 fully saturated rings. The highest BCUT2D eigenvalue weighted by Crippen LogP contribution is 2.75. The number of phenolic OH excluding ortho intramolecular Hbond substituents is 1. The van der Waals surface area contributed by atoms with Crippen LogP contribution in [0.25, 0.3) is 21.5 Å². The molecule has 4 aromatic carbocycles. The third-order valence-corrected chi connectivity index (χ3v) is 11.5. The minimum atomic E-state index is -4.88. The molecule has 45 heavy (non-hydrogen) atoms. The Hall–Kier alpha value is -3.33. The van der Waals surface area contributed by atoms with E-state index in [0.29, 0.717) is 55.0 Å². The predicted molar refractivity (Wildman–Crippen MR) is 173 cm³/mol. The number of halogens is 2. The van der Waals surface area contributed by atoms with Gasteiger partial charge in [-0.25, -0.2) is 4.57 Å². The highest BCUT2D eigenvalue weighted by Gasteiger charge is 2.76. The lowest BCUT2D eigenvalue weighted by Gasteiger charge is -2.69. The summed E-state index contributed by atoms with van der Waals surface area (Å²) in [5.41, 5.74) is 1.64. The van der Waals surface area contributed by atoms with E-state index in [1.807, 2.05) is 36.4 Å². The van der Waals surface area contributed by atoms with E-state index in [2.05, 4.69) is 0 Å². The van der Waals surface area contributed by atoms with Crippen molar-refractivity contribution in [1.29, 1.82) is 0 Å². The number of hydrogen-bond acceptors (Lipinski definition) is 5. The van der Waals surface area contributed by atoms with Gasteiger partial charge in [-0.05, 0) is 41.2 Å². The number of phenols is 1. The van der Waals surface area contributed by atoms with Gasteiger partial charge in [0, 0.05) is 59.6 Å². The second-order valence-corrected chi connectivity index (χ2v) is 14.7. The Labute approximate surface area is 268 Å². The number of fused-ring (bicyclic) bond motifs is 6. The second kappa shape index (κ2) is 9.84. The van der Waals surface area contributed by atoms with E-state index in [0.717, 1.165) is 27.3 Å². The fourth-order valence-electron chi connectivity index (χ4n) is 8.49. The number of phosphoric ester groups is 1. The monoisotopic (exact) mass is 666 g/mol. The highest BCUT2D eigenvalue weighted by atomic mass is 35.5. The fraction of sp³-hybridized carbons (Fsp3) is 0.333. The predicted octanol–water partition coefficient (Wildman–Crippen LogP) is 6.38. The number of nitrogens with zero attached hydrogens (tertiary/aromatic N) is 2. The van der Waals surface area contributed by atoms with Gasteiger partial charge in [0.1, 0.15) is 11.5 Å². The zero-order chi connectivity index (χ0) is 31.5. The number of alkyl halides is 2. The van der Waals surface area contributed by atoms with E-state index in [1.165, 1.54) is 6.07 Å². The van der Waals surface area contributed by atoms with Crippen LogP contribution in [0.5, 0.6) is 11.5 Å². The normalized spacial score (nSPS) is 26.4. The van der Waals surface area contributed by atoms with Crippen molar-refractivity contribution in [1.82, 2.24) is 0 Å². The lowest BCUT2D eigenvalue weighted by atomic mass is 9.34. The van der Waals surface area contributed by atoms with Crippen molar-refractivity contribution >= 4 is 75.8 Å². The van der Waals surface area contributed by atoms with Crippen LogP contribution >= 0.6 is 31.0 Å². The molecule has 3 N–H and O–H groups in total. The molecule has 1 unspecified atom stereocenters. The maximum atomic E-state index is 14.2. The molecule has 2 heterocycles. The van der Waals surface area contributed by atoms with Gasteiger partial charge in [-0.1, -0.05) is 48.5 Å². The van der Waals surface area contributed by atoms with Crippen LogP contribution in [0.3, 0.4) is 0 Å². The maximum absolute atomic E-state index is 14.2. The van der Waals surface area contributed by atoms with Gasteiger partial charge in [-0.15, -0.1) is 23.2 Å². The van der Waals surface area contributed by atoms with Crippen LogP contribution in [0.4, 0.5) is 11.4 Å². The zero-order valence-corrected chi connectivity index (χ0v) is 26.4. The van der Waals surface area contributed by atoms with Gasteiger partial charge >= 0.3 is 7.82 Å². The summed E-state index contributed by atoms with van der Waals surface area (Å²) in [4.78, 5) is 51.0. The molecule has 3 aliphatic carbocycles. The zero-order valence-electron chi connectivity index (χ0n) is 24.0. The van der Waals surface area contributed by atoms with E-state index in [4.69, 9.17) is 27.7 Å². The van der Waals surface area contributed by atoms with Crippen molar-refractivity contribution in [2.24, 2.45) is 10.8 Å². The first-order valence-electron chi connectivity index (χ1n) is 14.8. The summed E-state index contributed by atoms with van der Waals surface area (Å²) in [6.07, 6.45) is 1.22. The van der Waals surface area contributed by atoms with Gasteiger partial charge in [0.25, 0.3) is 0 Å². The quantitative estimate of drug-likeness (QED) is 0.161. The van der Waals surface area contributed by atoms with E-state index in [-0.39, 0.29) is 41.0 Å². The molecular formula is C33H29Cl2N2O7P. The Bertz CT molecular complexity index is 1990. The molecule has 9 nitrogen and oxygen atoms in total. The number of phosphoric acid groups is 1. The van der Waals surface area contributed by atoms with E-state index < -0.39 is 18.7 Å². The van der Waals surface area contributed by atoms with Crippen molar-refractivity contribution in [2.75, 3.05) is 34.6 Å². The third kappa shape index (κ3) is 4.11. The molecular weight excluding hydrogens is 638 g/mol. The summed E-state index contributed by atoms with van der Waals surface area (Å²) >= 11 is 12.8. The number of carbonyl (C=O) groups is 2. The van der Waals surface area contributed by atoms with E-state index in [9.17, 15) is 29.0 Å². The lowest BCUT2D eigenvalue weighted by Crippen LogP contribution is -2.73. The fourth-order valence-corrected chi connectivity index (χ4v) is 9.41. The van der Waals surface area contributed by atoms with Crippen LogP contribution < -0.4 is 14.3 Å². The van der Waals surface area contributed by atoms with Crippen molar-refractivity contribution in [3.63, 3.8) is 0 Å². The van der Waals surface area contributed by atoms with Crippen molar-refractivity contribution < 1.29 is 33.6 Å². The van der Waals surface area contributed by atoms with Gasteiger partial charge in [-0.3, -0.25) is 19.4 Å². The number of aromatic hydroxyl groups is 1. The molecule has 232 valence electrons. The van der Waals surface area contributed by atoms with Crippen molar-refractivity contribution in [3.05, 3.63) is 71.8 Å². The van der Waals surface area contributed by atoms with Gasteiger partial charge < -0.3 is 19.4 Å². The number of carbonyl (C=O) groups excluding carboxylic acids is 2. The Morgan fingerprint density at radius 1 is 0.778 bits per heavy atom. The summed E-state index contributed by atoms with van der Waals surface area (Å²) < 4.78 is 16.9. The number of amides is 2. The van der Waals surface area contributed by atoms with Crippen LogP contribution in [0.1, 0.15) is 42.2 Å². The summed E-state index contributed by atoms with van der Waals surface area (Å²) in [6, 6.07) is 17.9. The summed E-state index contributed by atoms with van der Waals surface area (Å²) in [5.74, 6) is 0.263. The van der Waals surface area contributed by atoms with Gasteiger partial charge in [0.05, 0.1) is 22.2 Å². The number of hydrogen-bond donors (Lipinski definition) is 3. The van der Waals surface area contributed by atoms with Crippen molar-refractivity contribution in [3.8, 4) is 11.5 Å². The molecule has 0 spiro atoms. The molecule has 12 heteroatoms. The first-order valence-corrected chi connectivity index (χ1v) is 17.4. The number of benzene rings is 4. The van der Waals surface area contributed by atoms with Crippen molar-refractivity contribution in [2.45, 2.75) is 31.1 Å². The largest absolute Gasteiger partial charge is 0.524 e. The Balaban J connectivity index is 1.09. The average molecular weight is 667 g/mol. The maximum Gasteiger partial charge on any atom is 0.524 e. The van der Waals surface area contributed by atoms with Gasteiger partial charge in [0.2, 0.25) is 11.8 Å². The second-order valence-electron chi connectivity index (χ2n) is 12.9. The molecule has 2 atom stereocenters. The Morgan fingerprint density at radius 2 is 1.22 bits per heavy atom. The van der Waals surface area contributed by atoms with Crippen LogP contribution in [0, 0.1) is 10.8 Å². The van der Waals surface area contributed by atoms with Gasteiger partial charge in [-0.2, -0.15) is 0 Å². The summed E-state index contributed by atoms with van der Waals surface area (Å²) in [6.45, 7) is 0.743. The Kier molecular flexibility index (Phi) is 6.36.